The predicted molar refractivity (Wildman–Crippen MR) is 64.9 cm³/mol. The molecule has 1 saturated heterocycles. The second kappa shape index (κ2) is 3.94. The van der Waals surface area contributed by atoms with Gasteiger partial charge in [-0.2, -0.15) is 4.39 Å². The molecule has 1 aromatic heterocycles. The van der Waals surface area contributed by atoms with Crippen LogP contribution in [0.5, 0.6) is 0 Å². The molecule has 0 saturated carbocycles. The van der Waals surface area contributed by atoms with Gasteiger partial charge in [-0.1, -0.05) is 11.6 Å². The maximum atomic E-state index is 13.2. The minimum atomic E-state index is -1.03. The number of halogens is 2. The van der Waals surface area contributed by atoms with Gasteiger partial charge in [-0.05, 0) is 33.7 Å². The van der Waals surface area contributed by atoms with E-state index in [2.05, 4.69) is 4.98 Å². The van der Waals surface area contributed by atoms with Crippen LogP contribution in [0.4, 0.5) is 4.39 Å². The number of hydrogen-bond acceptors (Lipinski definition) is 3. The summed E-state index contributed by atoms with van der Waals surface area (Å²) in [5.74, 6) is -1.03. The van der Waals surface area contributed by atoms with E-state index >= 15 is 0 Å². The number of pyridine rings is 1. The summed E-state index contributed by atoms with van der Waals surface area (Å²) in [6, 6.07) is -0.322. The molecule has 0 unspecified atom stereocenters. The summed E-state index contributed by atoms with van der Waals surface area (Å²) in [5, 5.41) is -0.430. The molecule has 0 radical (unpaired) electrons. The van der Waals surface area contributed by atoms with Crippen LogP contribution in [-0.4, -0.2) is 23.3 Å². The molecule has 0 N–H and O–H groups in total. The first-order valence-corrected chi connectivity index (χ1v) is 5.62. The zero-order valence-electron chi connectivity index (χ0n) is 12.1. The fraction of sp³-hybridized carbons (Fsp3) is 0.545. The monoisotopic (exact) mass is 259 g/mol. The quantitative estimate of drug-likeness (QED) is 0.572. The summed E-state index contributed by atoms with van der Waals surface area (Å²) in [6.45, 7) is 7.38. The van der Waals surface area contributed by atoms with Crippen LogP contribution in [0.2, 0.25) is 5.02 Å². The van der Waals surface area contributed by atoms with E-state index in [9.17, 15) is 4.39 Å². The Hall–Kier alpha value is -0.645. The number of nitrogens with zero attached hydrogens (tertiary/aromatic N) is 1. The van der Waals surface area contributed by atoms with E-state index in [4.69, 9.17) is 23.7 Å². The first kappa shape index (κ1) is 10.3. The van der Waals surface area contributed by atoms with Crippen molar-refractivity contribution in [3.63, 3.8) is 0 Å². The van der Waals surface area contributed by atoms with Gasteiger partial charge in [-0.15, -0.1) is 0 Å². The van der Waals surface area contributed by atoms with Crippen molar-refractivity contribution < 1.29 is 16.4 Å². The molecule has 3 nitrogen and oxygen atoms in total. The molecular formula is C11H14BClFNO2. The lowest BCUT2D eigenvalue weighted by Crippen LogP contribution is -2.41. The lowest BCUT2D eigenvalue weighted by Gasteiger charge is -2.32. The molecule has 2 rings (SSSR count). The van der Waals surface area contributed by atoms with E-state index in [-0.39, 0.29) is 11.5 Å². The minimum Gasteiger partial charge on any atom is -0.399 e. The number of aromatic nitrogens is 1. The van der Waals surface area contributed by atoms with Gasteiger partial charge in [0.15, 0.2) is 0 Å². The molecule has 1 fully saturated rings. The highest BCUT2D eigenvalue weighted by atomic mass is 35.5. The predicted octanol–water partition coefficient (Wildman–Crippen LogP) is 2.17. The molecule has 0 spiro atoms. The molecular weight excluding hydrogens is 243 g/mol. The molecule has 0 atom stereocenters. The Morgan fingerprint density at radius 1 is 1.35 bits per heavy atom. The summed E-state index contributed by atoms with van der Waals surface area (Å²) < 4.78 is 40.2. The molecule has 92 valence electrons. The highest BCUT2D eigenvalue weighted by molar-refractivity contribution is 6.62. The average Bonchev–Trinajstić information content (AvgIpc) is 2.44. The zero-order chi connectivity index (χ0) is 14.6. The van der Waals surface area contributed by atoms with Gasteiger partial charge in [0.2, 0.25) is 5.95 Å². The van der Waals surface area contributed by atoms with E-state index in [1.807, 2.05) is 27.7 Å². The van der Waals surface area contributed by atoms with Gasteiger partial charge in [0.05, 0.1) is 19.0 Å². The Bertz CT molecular complexity index is 526. The normalized spacial score (nSPS) is 23.5. The molecule has 1 aliphatic heterocycles. The van der Waals surface area contributed by atoms with Crippen LogP contribution in [0.15, 0.2) is 12.2 Å². The summed E-state index contributed by atoms with van der Waals surface area (Å²) >= 11 is 5.66. The van der Waals surface area contributed by atoms with E-state index in [0.717, 1.165) is 0 Å². The van der Waals surface area contributed by atoms with Crippen molar-refractivity contribution in [3.05, 3.63) is 23.2 Å². The van der Waals surface area contributed by atoms with Crippen molar-refractivity contribution in [2.24, 2.45) is 0 Å². The molecule has 0 aromatic carbocycles. The smallest absolute Gasteiger partial charge is 0.399 e. The fourth-order valence-corrected chi connectivity index (χ4v) is 1.57. The number of hydrogen-bond donors (Lipinski definition) is 0. The van der Waals surface area contributed by atoms with Crippen molar-refractivity contribution >= 4 is 24.2 Å². The van der Waals surface area contributed by atoms with Gasteiger partial charge in [0, 0.05) is 11.6 Å². The minimum absolute atomic E-state index is 0.0463. The van der Waals surface area contributed by atoms with Crippen LogP contribution in [0.25, 0.3) is 0 Å². The standard InChI is InChI=1S/C11H14BClFNO2/c1-10(2)11(3,4)17-12(16-10)7-5-8(13)9(14)15-6-7/h5-6H,1-4H3/i5D,6D. The van der Waals surface area contributed by atoms with Gasteiger partial charge in [0.25, 0.3) is 0 Å². The molecule has 6 heteroatoms. The lowest BCUT2D eigenvalue weighted by molar-refractivity contribution is 0.00578. The summed E-state index contributed by atoms with van der Waals surface area (Å²) in [7, 11) is -0.949. The van der Waals surface area contributed by atoms with E-state index < -0.39 is 35.5 Å². The van der Waals surface area contributed by atoms with Gasteiger partial charge < -0.3 is 9.31 Å². The van der Waals surface area contributed by atoms with Crippen LogP contribution < -0.4 is 5.46 Å². The molecule has 0 amide bonds. The van der Waals surface area contributed by atoms with Crippen LogP contribution in [0.1, 0.15) is 30.4 Å². The maximum Gasteiger partial charge on any atom is 0.496 e. The molecule has 0 aliphatic carbocycles. The third-order valence-electron chi connectivity index (χ3n) is 3.19. The number of rotatable bonds is 1. The third-order valence-corrected chi connectivity index (χ3v) is 3.44. The Kier molecular flexibility index (Phi) is 2.38. The molecule has 1 aromatic rings. The second-order valence-corrected chi connectivity index (χ2v) is 5.33. The lowest BCUT2D eigenvalue weighted by atomic mass is 9.80. The van der Waals surface area contributed by atoms with E-state index in [1.165, 1.54) is 0 Å². The summed E-state index contributed by atoms with van der Waals surface area (Å²) in [5.41, 5.74) is -1.18. The van der Waals surface area contributed by atoms with E-state index in [0.29, 0.717) is 0 Å². The molecule has 2 heterocycles. The Morgan fingerprint density at radius 3 is 2.41 bits per heavy atom. The van der Waals surface area contributed by atoms with Gasteiger partial charge >= 0.3 is 7.12 Å². The van der Waals surface area contributed by atoms with Crippen LogP contribution in [-0.2, 0) is 9.31 Å². The average molecular weight is 260 g/mol. The molecule has 17 heavy (non-hydrogen) atoms. The topological polar surface area (TPSA) is 31.4 Å². The highest BCUT2D eigenvalue weighted by Gasteiger charge is 2.51. The van der Waals surface area contributed by atoms with Gasteiger partial charge in [0.1, 0.15) is 0 Å². The van der Waals surface area contributed by atoms with Gasteiger partial charge in [-0.3, -0.25) is 0 Å². The van der Waals surface area contributed by atoms with E-state index in [1.54, 1.807) is 0 Å². The van der Waals surface area contributed by atoms with Crippen LogP contribution in [0.3, 0.4) is 0 Å². The maximum absolute atomic E-state index is 13.2. The second-order valence-electron chi connectivity index (χ2n) is 4.96. The Morgan fingerprint density at radius 2 is 1.88 bits per heavy atom. The zero-order valence-corrected chi connectivity index (χ0v) is 10.9. The Labute approximate surface area is 108 Å². The SMILES string of the molecule is [2H]c1nc(F)c(Cl)c([2H])c1B1OC(C)(C)C(C)(C)O1. The highest BCUT2D eigenvalue weighted by Crippen LogP contribution is 2.36. The summed E-state index contributed by atoms with van der Waals surface area (Å²) in [4.78, 5) is 3.36. The summed E-state index contributed by atoms with van der Waals surface area (Å²) in [6.07, 6.45) is -0.398. The van der Waals surface area contributed by atoms with Crippen molar-refractivity contribution in [1.82, 2.24) is 4.98 Å². The third kappa shape index (κ3) is 2.19. The van der Waals surface area contributed by atoms with Crippen molar-refractivity contribution in [2.75, 3.05) is 0 Å². The van der Waals surface area contributed by atoms with Crippen LogP contribution >= 0.6 is 11.6 Å². The first-order valence-electron chi connectivity index (χ1n) is 6.24. The first-order chi connectivity index (χ1) is 8.57. The Balaban J connectivity index is 2.49. The van der Waals surface area contributed by atoms with Crippen molar-refractivity contribution in [2.45, 2.75) is 38.9 Å². The largest absolute Gasteiger partial charge is 0.496 e. The molecule has 0 bridgehead atoms. The van der Waals surface area contributed by atoms with Crippen molar-refractivity contribution in [1.29, 1.82) is 0 Å². The molecule has 1 aliphatic rings. The van der Waals surface area contributed by atoms with Crippen molar-refractivity contribution in [3.8, 4) is 0 Å². The van der Waals surface area contributed by atoms with Gasteiger partial charge in [-0.25, -0.2) is 4.98 Å². The van der Waals surface area contributed by atoms with Crippen LogP contribution in [0, 0.1) is 5.95 Å². The fourth-order valence-electron chi connectivity index (χ4n) is 1.43.